The van der Waals surface area contributed by atoms with Gasteiger partial charge >= 0.3 is 0 Å². The number of thiazole rings is 1. The van der Waals surface area contributed by atoms with Crippen molar-refractivity contribution in [1.82, 2.24) is 15.0 Å². The van der Waals surface area contributed by atoms with E-state index in [1.54, 1.807) is 24.8 Å². The molecule has 3 aromatic heterocycles. The molecular formula is C18H17N5OS. The number of hydrogen-bond acceptors (Lipinski definition) is 6. The first-order valence-electron chi connectivity index (χ1n) is 8.18. The van der Waals surface area contributed by atoms with E-state index in [1.807, 2.05) is 24.3 Å². The molecule has 0 unspecified atom stereocenters. The van der Waals surface area contributed by atoms with Crippen molar-refractivity contribution in [2.45, 2.75) is 12.8 Å². The number of anilines is 2. The largest absolute Gasteiger partial charge is 0.357 e. The highest BCUT2D eigenvalue weighted by Crippen LogP contribution is 2.25. The first-order chi connectivity index (χ1) is 12.3. The van der Waals surface area contributed by atoms with Crippen LogP contribution in [-0.2, 0) is 0 Å². The number of nitrogens with one attached hydrogen (secondary N) is 1. The second-order valence-electron chi connectivity index (χ2n) is 5.82. The molecule has 3 aromatic rings. The Morgan fingerprint density at radius 2 is 1.84 bits per heavy atom. The SMILES string of the molecule is O=C(Nc1ccc(N2CCCC2)nc1)c1cnc(-c2ccncc2)s1. The maximum atomic E-state index is 12.4. The van der Waals surface area contributed by atoms with E-state index in [9.17, 15) is 4.79 Å². The molecule has 1 aliphatic heterocycles. The van der Waals surface area contributed by atoms with E-state index in [2.05, 4.69) is 25.2 Å². The summed E-state index contributed by atoms with van der Waals surface area (Å²) in [6.07, 6.45) is 9.16. The van der Waals surface area contributed by atoms with E-state index in [1.165, 1.54) is 24.2 Å². The summed E-state index contributed by atoms with van der Waals surface area (Å²) >= 11 is 1.36. The molecule has 0 atom stereocenters. The average molecular weight is 351 g/mol. The molecule has 0 saturated carbocycles. The molecule has 1 aliphatic rings. The van der Waals surface area contributed by atoms with Crippen LogP contribution in [0.3, 0.4) is 0 Å². The molecular weight excluding hydrogens is 334 g/mol. The molecule has 7 heteroatoms. The highest BCUT2D eigenvalue weighted by Gasteiger charge is 2.15. The average Bonchev–Trinajstić information content (AvgIpc) is 3.35. The van der Waals surface area contributed by atoms with Gasteiger partial charge in [0.25, 0.3) is 5.91 Å². The van der Waals surface area contributed by atoms with Crippen LogP contribution in [0.5, 0.6) is 0 Å². The van der Waals surface area contributed by atoms with Crippen LogP contribution < -0.4 is 10.2 Å². The van der Waals surface area contributed by atoms with Gasteiger partial charge in [0, 0.05) is 31.0 Å². The maximum Gasteiger partial charge on any atom is 0.267 e. The van der Waals surface area contributed by atoms with E-state index in [4.69, 9.17) is 0 Å². The predicted molar refractivity (Wildman–Crippen MR) is 99.0 cm³/mol. The fraction of sp³-hybridized carbons (Fsp3) is 0.222. The molecule has 1 fully saturated rings. The number of aromatic nitrogens is 3. The highest BCUT2D eigenvalue weighted by molar-refractivity contribution is 7.17. The van der Waals surface area contributed by atoms with E-state index < -0.39 is 0 Å². The van der Waals surface area contributed by atoms with E-state index in [0.29, 0.717) is 10.6 Å². The fourth-order valence-corrected chi connectivity index (χ4v) is 3.61. The summed E-state index contributed by atoms with van der Waals surface area (Å²) in [7, 11) is 0. The van der Waals surface area contributed by atoms with Crippen LogP contribution in [0.4, 0.5) is 11.5 Å². The topological polar surface area (TPSA) is 71.0 Å². The maximum absolute atomic E-state index is 12.4. The Morgan fingerprint density at radius 3 is 2.56 bits per heavy atom. The van der Waals surface area contributed by atoms with Gasteiger partial charge in [0.1, 0.15) is 15.7 Å². The molecule has 25 heavy (non-hydrogen) atoms. The Hall–Kier alpha value is -2.80. The zero-order valence-electron chi connectivity index (χ0n) is 13.6. The summed E-state index contributed by atoms with van der Waals surface area (Å²) in [6.45, 7) is 2.11. The minimum Gasteiger partial charge on any atom is -0.357 e. The van der Waals surface area contributed by atoms with Crippen LogP contribution in [-0.4, -0.2) is 33.9 Å². The van der Waals surface area contributed by atoms with Crippen molar-refractivity contribution in [1.29, 1.82) is 0 Å². The number of pyridine rings is 2. The van der Waals surface area contributed by atoms with Gasteiger partial charge in [-0.25, -0.2) is 9.97 Å². The van der Waals surface area contributed by atoms with Gasteiger partial charge in [-0.1, -0.05) is 0 Å². The van der Waals surface area contributed by atoms with Crippen LogP contribution in [0.1, 0.15) is 22.5 Å². The third-order valence-corrected chi connectivity index (χ3v) is 5.14. The number of amides is 1. The number of carbonyl (C=O) groups excluding carboxylic acids is 1. The van der Waals surface area contributed by atoms with Crippen LogP contribution in [0, 0.1) is 0 Å². The number of nitrogens with zero attached hydrogens (tertiary/aromatic N) is 4. The second kappa shape index (κ2) is 6.98. The van der Waals surface area contributed by atoms with Crippen molar-refractivity contribution in [2.24, 2.45) is 0 Å². The van der Waals surface area contributed by atoms with E-state index in [-0.39, 0.29) is 5.91 Å². The second-order valence-corrected chi connectivity index (χ2v) is 6.85. The van der Waals surface area contributed by atoms with Crippen molar-refractivity contribution in [2.75, 3.05) is 23.3 Å². The van der Waals surface area contributed by atoms with Crippen molar-refractivity contribution in [3.05, 3.63) is 53.9 Å². The number of carbonyl (C=O) groups is 1. The lowest BCUT2D eigenvalue weighted by Gasteiger charge is -2.16. The first kappa shape index (κ1) is 15.7. The molecule has 126 valence electrons. The molecule has 0 aromatic carbocycles. The summed E-state index contributed by atoms with van der Waals surface area (Å²) in [5, 5.41) is 3.68. The fourth-order valence-electron chi connectivity index (χ4n) is 2.79. The summed E-state index contributed by atoms with van der Waals surface area (Å²) < 4.78 is 0. The van der Waals surface area contributed by atoms with Gasteiger partial charge in [0.15, 0.2) is 0 Å². The number of rotatable bonds is 4. The van der Waals surface area contributed by atoms with Gasteiger partial charge < -0.3 is 10.2 Å². The molecule has 6 nitrogen and oxygen atoms in total. The van der Waals surface area contributed by atoms with Gasteiger partial charge in [0.05, 0.1) is 18.1 Å². The summed E-state index contributed by atoms with van der Waals surface area (Å²) in [4.78, 5) is 28.0. The molecule has 1 N–H and O–H groups in total. The third kappa shape index (κ3) is 3.51. The minimum atomic E-state index is -0.173. The van der Waals surface area contributed by atoms with Crippen molar-refractivity contribution < 1.29 is 4.79 Å². The van der Waals surface area contributed by atoms with Crippen LogP contribution in [0.25, 0.3) is 10.6 Å². The molecule has 0 radical (unpaired) electrons. The zero-order chi connectivity index (χ0) is 17.1. The Labute approximate surface area is 149 Å². The van der Waals surface area contributed by atoms with E-state index >= 15 is 0 Å². The quantitative estimate of drug-likeness (QED) is 0.779. The normalized spacial score (nSPS) is 13.8. The number of hydrogen-bond donors (Lipinski definition) is 1. The summed E-state index contributed by atoms with van der Waals surface area (Å²) in [6, 6.07) is 7.60. The van der Waals surface area contributed by atoms with Gasteiger partial charge in [-0.05, 0) is 37.1 Å². The molecule has 0 bridgehead atoms. The van der Waals surface area contributed by atoms with Crippen molar-refractivity contribution in [3.8, 4) is 10.6 Å². The van der Waals surface area contributed by atoms with Gasteiger partial charge in [0.2, 0.25) is 0 Å². The van der Waals surface area contributed by atoms with Gasteiger partial charge in [-0.15, -0.1) is 11.3 Å². The molecule has 1 amide bonds. The lowest BCUT2D eigenvalue weighted by molar-refractivity contribution is 0.103. The highest BCUT2D eigenvalue weighted by atomic mass is 32.1. The smallest absolute Gasteiger partial charge is 0.267 e. The summed E-state index contributed by atoms with van der Waals surface area (Å²) in [5.74, 6) is 0.793. The monoisotopic (exact) mass is 351 g/mol. The Morgan fingerprint density at radius 1 is 1.04 bits per heavy atom. The van der Waals surface area contributed by atoms with Crippen LogP contribution in [0.15, 0.2) is 49.1 Å². The Bertz CT molecular complexity index is 857. The molecule has 4 rings (SSSR count). The van der Waals surface area contributed by atoms with Crippen LogP contribution in [0.2, 0.25) is 0 Å². The molecule has 0 spiro atoms. The van der Waals surface area contributed by atoms with Gasteiger partial charge in [-0.2, -0.15) is 0 Å². The minimum absolute atomic E-state index is 0.173. The lowest BCUT2D eigenvalue weighted by atomic mass is 10.3. The third-order valence-electron chi connectivity index (χ3n) is 4.09. The van der Waals surface area contributed by atoms with Crippen molar-refractivity contribution in [3.63, 3.8) is 0 Å². The Kier molecular flexibility index (Phi) is 4.39. The predicted octanol–water partition coefficient (Wildman–Crippen LogP) is 3.45. The summed E-state index contributed by atoms with van der Waals surface area (Å²) in [5.41, 5.74) is 1.64. The zero-order valence-corrected chi connectivity index (χ0v) is 14.4. The van der Waals surface area contributed by atoms with E-state index in [0.717, 1.165) is 29.5 Å². The molecule has 1 saturated heterocycles. The Balaban J connectivity index is 1.44. The van der Waals surface area contributed by atoms with Crippen LogP contribution >= 0.6 is 11.3 Å². The van der Waals surface area contributed by atoms with Crippen molar-refractivity contribution >= 4 is 28.7 Å². The van der Waals surface area contributed by atoms with Gasteiger partial charge in [-0.3, -0.25) is 9.78 Å². The standard InChI is InChI=1S/C18H17N5OS/c24-17(15-12-21-18(25-15)13-5-7-19-8-6-13)22-14-3-4-16(20-11-14)23-9-1-2-10-23/h3-8,11-12H,1-2,9-10H2,(H,22,24). The first-order valence-corrected chi connectivity index (χ1v) is 9.00. The molecule has 4 heterocycles. The molecule has 0 aliphatic carbocycles. The lowest BCUT2D eigenvalue weighted by Crippen LogP contribution is -2.19.